The second-order valence-corrected chi connectivity index (χ2v) is 2.51. The van der Waals surface area contributed by atoms with Crippen LogP contribution in [0.3, 0.4) is 0 Å². The molecule has 0 unspecified atom stereocenters. The summed E-state index contributed by atoms with van der Waals surface area (Å²) in [6.45, 7) is 4.11. The smallest absolute Gasteiger partial charge is 0.149 e. The quantitative estimate of drug-likeness (QED) is 0.555. The third-order valence-corrected chi connectivity index (χ3v) is 1.41. The largest absolute Gasteiger partial charge is 0.353 e. The Morgan fingerprint density at radius 3 is 0.929 bits per heavy atom. The van der Waals surface area contributed by atoms with Gasteiger partial charge in [0.2, 0.25) is 0 Å². The van der Waals surface area contributed by atoms with Crippen LogP contribution in [0.5, 0.6) is 0 Å². The molecule has 2 rings (SSSR count). The minimum atomic E-state index is 0.375. The van der Waals surface area contributed by atoms with Crippen molar-refractivity contribution in [3.63, 3.8) is 0 Å². The number of hydrogen-bond acceptors (Lipinski definition) is 6. The standard InChI is InChI=1S/2C4H8O3/c2*1-2-6-4-7-3-5-1/h2*1-4H2. The van der Waals surface area contributed by atoms with E-state index in [1.165, 1.54) is 0 Å². The van der Waals surface area contributed by atoms with E-state index in [4.69, 9.17) is 28.4 Å². The van der Waals surface area contributed by atoms with Crippen LogP contribution in [0, 0.1) is 0 Å². The van der Waals surface area contributed by atoms with Crippen LogP contribution >= 0.6 is 0 Å². The van der Waals surface area contributed by atoms with Crippen molar-refractivity contribution in [2.45, 2.75) is 0 Å². The molecule has 2 aliphatic rings. The second-order valence-electron chi connectivity index (χ2n) is 2.51. The first-order valence-corrected chi connectivity index (χ1v) is 4.46. The van der Waals surface area contributed by atoms with E-state index in [1.807, 2.05) is 0 Å². The van der Waals surface area contributed by atoms with Crippen LogP contribution in [0.2, 0.25) is 0 Å². The minimum Gasteiger partial charge on any atom is -0.353 e. The van der Waals surface area contributed by atoms with Gasteiger partial charge in [0.05, 0.1) is 26.4 Å². The Morgan fingerprint density at radius 1 is 0.357 bits per heavy atom. The first kappa shape index (κ1) is 11.8. The van der Waals surface area contributed by atoms with Crippen molar-refractivity contribution >= 4 is 0 Å². The SMILES string of the molecule is C1COCOCO1.C1COCOCO1. The summed E-state index contributed by atoms with van der Waals surface area (Å²) in [7, 11) is 0. The molecule has 0 bridgehead atoms. The zero-order valence-corrected chi connectivity index (χ0v) is 8.11. The van der Waals surface area contributed by atoms with Crippen LogP contribution in [0.15, 0.2) is 0 Å². The summed E-state index contributed by atoms with van der Waals surface area (Å²) >= 11 is 0. The van der Waals surface area contributed by atoms with Gasteiger partial charge in [-0.05, 0) is 0 Å². The van der Waals surface area contributed by atoms with Gasteiger partial charge in [-0.15, -0.1) is 0 Å². The Labute approximate surface area is 83.0 Å². The van der Waals surface area contributed by atoms with Gasteiger partial charge in [-0.25, -0.2) is 0 Å². The molecule has 0 atom stereocenters. The van der Waals surface area contributed by atoms with Crippen molar-refractivity contribution in [1.82, 2.24) is 0 Å². The van der Waals surface area contributed by atoms with E-state index < -0.39 is 0 Å². The van der Waals surface area contributed by atoms with Gasteiger partial charge in [0, 0.05) is 0 Å². The van der Waals surface area contributed by atoms with Crippen molar-refractivity contribution < 1.29 is 28.4 Å². The molecule has 2 fully saturated rings. The van der Waals surface area contributed by atoms with E-state index >= 15 is 0 Å². The summed E-state index contributed by atoms with van der Waals surface area (Å²) in [5.41, 5.74) is 0. The van der Waals surface area contributed by atoms with Crippen molar-refractivity contribution in [3.05, 3.63) is 0 Å². The summed E-state index contributed by atoms with van der Waals surface area (Å²) < 4.78 is 28.9. The molecule has 2 aliphatic heterocycles. The van der Waals surface area contributed by atoms with Gasteiger partial charge in [0.15, 0.2) is 0 Å². The summed E-state index contributed by atoms with van der Waals surface area (Å²) in [5, 5.41) is 0. The Bertz CT molecular complexity index is 67.1. The zero-order chi connectivity index (χ0) is 9.90. The lowest BCUT2D eigenvalue weighted by atomic mass is 10.8. The van der Waals surface area contributed by atoms with Gasteiger partial charge in [-0.2, -0.15) is 0 Å². The third-order valence-electron chi connectivity index (χ3n) is 1.41. The van der Waals surface area contributed by atoms with E-state index in [9.17, 15) is 0 Å². The van der Waals surface area contributed by atoms with E-state index in [-0.39, 0.29) is 0 Å². The predicted octanol–water partition coefficient (Wildman–Crippen LogP) is -0.0704. The van der Waals surface area contributed by atoms with E-state index in [0.29, 0.717) is 53.6 Å². The van der Waals surface area contributed by atoms with Crippen molar-refractivity contribution in [3.8, 4) is 0 Å². The molecule has 0 aromatic heterocycles. The average molecular weight is 208 g/mol. The fraction of sp³-hybridized carbons (Fsp3) is 1.00. The maximum atomic E-state index is 4.85. The molecule has 0 amide bonds. The lowest BCUT2D eigenvalue weighted by molar-refractivity contribution is -0.0767. The highest BCUT2D eigenvalue weighted by atomic mass is 16.8. The molecule has 0 spiro atoms. The minimum absolute atomic E-state index is 0.375. The van der Waals surface area contributed by atoms with E-state index in [1.54, 1.807) is 0 Å². The highest BCUT2D eigenvalue weighted by Gasteiger charge is 1.94. The molecular formula is C8H16O6. The molecule has 2 heterocycles. The summed E-state index contributed by atoms with van der Waals surface area (Å²) in [5.74, 6) is 0. The molecule has 2 saturated heterocycles. The zero-order valence-electron chi connectivity index (χ0n) is 8.11. The summed E-state index contributed by atoms with van der Waals surface area (Å²) in [6, 6.07) is 0. The lowest BCUT2D eigenvalue weighted by Crippen LogP contribution is -1.96. The molecule has 0 aromatic rings. The number of hydrogen-bond donors (Lipinski definition) is 0. The van der Waals surface area contributed by atoms with Crippen molar-refractivity contribution in [1.29, 1.82) is 0 Å². The van der Waals surface area contributed by atoms with Gasteiger partial charge in [0.1, 0.15) is 27.2 Å². The third kappa shape index (κ3) is 7.19. The number of ether oxygens (including phenoxy) is 6. The van der Waals surface area contributed by atoms with Crippen LogP contribution in [-0.4, -0.2) is 53.6 Å². The molecule has 14 heavy (non-hydrogen) atoms. The topological polar surface area (TPSA) is 55.4 Å². The maximum Gasteiger partial charge on any atom is 0.149 e. The van der Waals surface area contributed by atoms with Crippen molar-refractivity contribution in [2.75, 3.05) is 53.6 Å². The fourth-order valence-electron chi connectivity index (χ4n) is 0.775. The predicted molar refractivity (Wildman–Crippen MR) is 45.4 cm³/mol. The van der Waals surface area contributed by atoms with E-state index in [2.05, 4.69) is 0 Å². The molecule has 0 N–H and O–H groups in total. The van der Waals surface area contributed by atoms with Crippen LogP contribution in [0.4, 0.5) is 0 Å². The average Bonchev–Trinajstić information content (AvgIpc) is 2.68. The molecule has 84 valence electrons. The first-order chi connectivity index (χ1) is 7.00. The normalized spacial score (nSPS) is 24.0. The van der Waals surface area contributed by atoms with Crippen LogP contribution in [-0.2, 0) is 28.4 Å². The highest BCUT2D eigenvalue weighted by molar-refractivity contribution is 4.26. The van der Waals surface area contributed by atoms with Crippen LogP contribution in [0.25, 0.3) is 0 Å². The fourth-order valence-corrected chi connectivity index (χ4v) is 0.775. The van der Waals surface area contributed by atoms with Gasteiger partial charge in [-0.1, -0.05) is 0 Å². The molecule has 0 saturated carbocycles. The Balaban J connectivity index is 0.000000140. The molecular weight excluding hydrogens is 192 g/mol. The van der Waals surface area contributed by atoms with Crippen LogP contribution in [0.1, 0.15) is 0 Å². The first-order valence-electron chi connectivity index (χ1n) is 4.46. The molecule has 6 heteroatoms. The van der Waals surface area contributed by atoms with Gasteiger partial charge < -0.3 is 28.4 Å². The van der Waals surface area contributed by atoms with Crippen LogP contribution < -0.4 is 0 Å². The molecule has 0 aromatic carbocycles. The van der Waals surface area contributed by atoms with Crippen molar-refractivity contribution in [2.24, 2.45) is 0 Å². The molecule has 0 radical (unpaired) electrons. The second kappa shape index (κ2) is 9.32. The molecule has 0 aliphatic carbocycles. The lowest BCUT2D eigenvalue weighted by Gasteiger charge is -1.92. The van der Waals surface area contributed by atoms with Gasteiger partial charge in [-0.3, -0.25) is 0 Å². The number of rotatable bonds is 0. The van der Waals surface area contributed by atoms with E-state index in [0.717, 1.165) is 0 Å². The summed E-state index contributed by atoms with van der Waals surface area (Å²) in [4.78, 5) is 0. The van der Waals surface area contributed by atoms with Gasteiger partial charge in [0.25, 0.3) is 0 Å². The monoisotopic (exact) mass is 208 g/mol. The Hall–Kier alpha value is -0.240. The Morgan fingerprint density at radius 2 is 0.643 bits per heavy atom. The molecule has 6 nitrogen and oxygen atoms in total. The highest BCUT2D eigenvalue weighted by Crippen LogP contribution is 1.87. The Kier molecular flexibility index (Phi) is 7.88. The summed E-state index contributed by atoms with van der Waals surface area (Å²) in [6.07, 6.45) is 0. The maximum absolute atomic E-state index is 4.85. The van der Waals surface area contributed by atoms with Gasteiger partial charge >= 0.3 is 0 Å².